The van der Waals surface area contributed by atoms with Crippen LogP contribution in [0, 0.1) is 17.0 Å². The van der Waals surface area contributed by atoms with Gasteiger partial charge < -0.3 is 24.6 Å². The van der Waals surface area contributed by atoms with Crippen molar-refractivity contribution in [2.24, 2.45) is 5.41 Å². The van der Waals surface area contributed by atoms with E-state index in [2.05, 4.69) is 25.2 Å². The van der Waals surface area contributed by atoms with Crippen molar-refractivity contribution >= 4 is 11.7 Å². The van der Waals surface area contributed by atoms with Crippen LogP contribution in [0.25, 0.3) is 0 Å². The highest BCUT2D eigenvalue weighted by Gasteiger charge is 2.54. The fourth-order valence-corrected chi connectivity index (χ4v) is 6.21. The summed E-state index contributed by atoms with van der Waals surface area (Å²) in [5, 5.41) is 3.27. The van der Waals surface area contributed by atoms with Crippen LogP contribution in [0.2, 0.25) is 0 Å². The molecule has 0 bridgehead atoms. The Morgan fingerprint density at radius 1 is 1.20 bits per heavy atom. The van der Waals surface area contributed by atoms with Crippen LogP contribution in [0.15, 0.2) is 36.9 Å². The zero-order valence-electron chi connectivity index (χ0n) is 23.5. The van der Waals surface area contributed by atoms with E-state index < -0.39 is 11.6 Å². The highest BCUT2D eigenvalue weighted by Crippen LogP contribution is 2.52. The minimum atomic E-state index is -0.514. The Morgan fingerprint density at radius 3 is 2.76 bits per heavy atom. The number of amides is 1. The molecule has 0 atom stereocenters. The maximum atomic E-state index is 14.6. The Kier molecular flexibility index (Phi) is 7.23. The van der Waals surface area contributed by atoms with Gasteiger partial charge in [-0.25, -0.2) is 18.7 Å². The Bertz CT molecular complexity index is 1450. The van der Waals surface area contributed by atoms with Gasteiger partial charge in [0.05, 0.1) is 23.7 Å². The summed E-state index contributed by atoms with van der Waals surface area (Å²) in [4.78, 5) is 29.8. The number of nitrogens with one attached hydrogen (secondary N) is 1. The van der Waals surface area contributed by atoms with Gasteiger partial charge in [-0.15, -0.1) is 0 Å². The number of halogens is 2. The number of aromatic nitrogens is 3. The molecule has 11 heteroatoms. The van der Waals surface area contributed by atoms with Gasteiger partial charge in [-0.2, -0.15) is 0 Å². The molecule has 1 saturated heterocycles. The number of rotatable bonds is 8. The smallest absolute Gasteiger partial charge is 0.257 e. The van der Waals surface area contributed by atoms with Gasteiger partial charge >= 0.3 is 0 Å². The number of fused-ring (bicyclic) bond motifs is 1. The lowest BCUT2D eigenvalue weighted by Gasteiger charge is -2.59. The van der Waals surface area contributed by atoms with E-state index in [4.69, 9.17) is 9.47 Å². The van der Waals surface area contributed by atoms with Gasteiger partial charge in [-0.1, -0.05) is 0 Å². The van der Waals surface area contributed by atoms with Gasteiger partial charge in [-0.3, -0.25) is 9.78 Å². The molecule has 1 spiro atoms. The summed E-state index contributed by atoms with van der Waals surface area (Å²) in [5.74, 6) is 0.335. The van der Waals surface area contributed by atoms with Crippen molar-refractivity contribution in [1.82, 2.24) is 25.2 Å². The zero-order valence-corrected chi connectivity index (χ0v) is 23.5. The predicted molar refractivity (Wildman–Crippen MR) is 148 cm³/mol. The highest BCUT2D eigenvalue weighted by atomic mass is 19.1. The normalized spacial score (nSPS) is 17.6. The van der Waals surface area contributed by atoms with E-state index >= 15 is 0 Å². The lowest BCUT2D eigenvalue weighted by molar-refractivity contribution is -0.0366. The number of pyridine rings is 1. The quantitative estimate of drug-likeness (QED) is 0.428. The number of carbonyl (C=O) groups excluding carboxylic acids is 1. The summed E-state index contributed by atoms with van der Waals surface area (Å²) < 4.78 is 41.1. The number of carbonyl (C=O) groups is 1. The van der Waals surface area contributed by atoms with Gasteiger partial charge in [0.1, 0.15) is 24.0 Å². The SMILES string of the molecule is CCN(C(=O)c1cc(F)ccc1Oc1cncnc1N1CC2(CC(Oc3c(F)cnc4c3CNCC4)C2)C1)C(C)C. The molecular weight excluding hydrogens is 530 g/mol. The maximum absolute atomic E-state index is 14.6. The number of ether oxygens (including phenoxy) is 2. The Balaban J connectivity index is 1.13. The van der Waals surface area contributed by atoms with Crippen molar-refractivity contribution in [1.29, 1.82) is 0 Å². The van der Waals surface area contributed by atoms with Crippen molar-refractivity contribution in [2.75, 3.05) is 31.1 Å². The Hall–Kier alpha value is -3.86. The number of anilines is 1. The summed E-state index contributed by atoms with van der Waals surface area (Å²) in [6.07, 6.45) is 6.61. The third-order valence-electron chi connectivity index (χ3n) is 8.25. The fraction of sp³-hybridized carbons (Fsp3) is 0.467. The van der Waals surface area contributed by atoms with Crippen LogP contribution in [0.1, 0.15) is 55.2 Å². The van der Waals surface area contributed by atoms with Crippen LogP contribution in [-0.4, -0.2) is 64.1 Å². The largest absolute Gasteiger partial charge is 0.487 e. The molecule has 2 aromatic heterocycles. The molecule has 216 valence electrons. The number of hydrogen-bond donors (Lipinski definition) is 1. The molecule has 41 heavy (non-hydrogen) atoms. The first-order chi connectivity index (χ1) is 19.8. The molecule has 1 aliphatic carbocycles. The van der Waals surface area contributed by atoms with Crippen molar-refractivity contribution in [3.05, 3.63) is 65.4 Å². The molecule has 9 nitrogen and oxygen atoms in total. The standard InChI is InChI=1S/C30H34F2N6O3/c1-4-38(18(2)3)29(39)21-9-19(31)5-6-25(21)41-26-14-34-17-36-28(26)37-15-30(16-37)10-20(11-30)40-27-22-12-33-8-7-24(22)35-13-23(27)32/h5-6,9,13-14,17-18,20,33H,4,7-8,10-12,15-16H2,1-3H3. The van der Waals surface area contributed by atoms with E-state index in [1.165, 1.54) is 30.7 Å². The van der Waals surface area contributed by atoms with Crippen molar-refractivity contribution < 1.29 is 23.0 Å². The second-order valence-electron chi connectivity index (χ2n) is 11.4. The van der Waals surface area contributed by atoms with Gasteiger partial charge in [0, 0.05) is 56.2 Å². The maximum Gasteiger partial charge on any atom is 0.257 e. The minimum absolute atomic E-state index is 0.0519. The van der Waals surface area contributed by atoms with Gasteiger partial charge in [0.15, 0.2) is 23.1 Å². The van der Waals surface area contributed by atoms with Crippen molar-refractivity contribution in [3.63, 3.8) is 0 Å². The van der Waals surface area contributed by atoms with E-state index in [9.17, 15) is 13.6 Å². The first-order valence-corrected chi connectivity index (χ1v) is 14.1. The lowest BCUT2D eigenvalue weighted by Crippen LogP contribution is -2.65. The molecule has 0 unspecified atom stereocenters. The van der Waals surface area contributed by atoms with Crippen LogP contribution < -0.4 is 19.7 Å². The van der Waals surface area contributed by atoms with E-state index in [0.29, 0.717) is 30.4 Å². The summed E-state index contributed by atoms with van der Waals surface area (Å²) >= 11 is 0. The Labute approximate surface area is 237 Å². The molecule has 0 radical (unpaired) electrons. The fourth-order valence-electron chi connectivity index (χ4n) is 6.21. The first-order valence-electron chi connectivity index (χ1n) is 14.1. The molecule has 1 amide bonds. The monoisotopic (exact) mass is 564 g/mol. The third kappa shape index (κ3) is 5.18. The molecule has 6 rings (SSSR count). The van der Waals surface area contributed by atoms with Crippen molar-refractivity contribution in [3.8, 4) is 17.2 Å². The molecule has 2 fully saturated rings. The second kappa shape index (κ2) is 10.8. The van der Waals surface area contributed by atoms with Crippen LogP contribution in [0.4, 0.5) is 14.6 Å². The highest BCUT2D eigenvalue weighted by molar-refractivity contribution is 5.97. The van der Waals surface area contributed by atoms with Crippen LogP contribution in [0.3, 0.4) is 0 Å². The van der Waals surface area contributed by atoms with Gasteiger partial charge in [0.2, 0.25) is 0 Å². The molecule has 2 aliphatic heterocycles. The molecule has 1 saturated carbocycles. The van der Waals surface area contributed by atoms with Gasteiger partial charge in [-0.05, 0) is 51.8 Å². The average Bonchev–Trinajstić information content (AvgIpc) is 2.92. The van der Waals surface area contributed by atoms with Crippen LogP contribution >= 0.6 is 0 Å². The third-order valence-corrected chi connectivity index (χ3v) is 8.25. The first kappa shape index (κ1) is 27.3. The van der Waals surface area contributed by atoms with Gasteiger partial charge in [0.25, 0.3) is 5.91 Å². The number of nitrogens with zero attached hydrogens (tertiary/aromatic N) is 5. The molecule has 1 N–H and O–H groups in total. The minimum Gasteiger partial charge on any atom is -0.487 e. The number of benzene rings is 1. The topological polar surface area (TPSA) is 92.7 Å². The van der Waals surface area contributed by atoms with E-state index in [1.54, 1.807) is 11.1 Å². The average molecular weight is 565 g/mol. The zero-order chi connectivity index (χ0) is 28.7. The van der Waals surface area contributed by atoms with Crippen LogP contribution in [0.5, 0.6) is 17.2 Å². The molecule has 1 aromatic carbocycles. The van der Waals surface area contributed by atoms with Crippen LogP contribution in [-0.2, 0) is 13.0 Å². The second-order valence-corrected chi connectivity index (χ2v) is 11.4. The molecule has 3 aromatic rings. The van der Waals surface area contributed by atoms with E-state index in [-0.39, 0.29) is 34.8 Å². The summed E-state index contributed by atoms with van der Waals surface area (Å²) in [7, 11) is 0. The molecular formula is C30H34F2N6O3. The predicted octanol–water partition coefficient (Wildman–Crippen LogP) is 4.51. The Morgan fingerprint density at radius 2 is 2.00 bits per heavy atom. The summed E-state index contributed by atoms with van der Waals surface area (Å²) in [6, 6.07) is 3.89. The molecule has 4 heterocycles. The molecule has 3 aliphatic rings. The van der Waals surface area contributed by atoms with Crippen molar-refractivity contribution in [2.45, 2.75) is 58.7 Å². The summed E-state index contributed by atoms with van der Waals surface area (Å²) in [6.45, 7) is 9.07. The lowest BCUT2D eigenvalue weighted by atomic mass is 9.61. The van der Waals surface area contributed by atoms with E-state index in [0.717, 1.165) is 50.2 Å². The number of hydrogen-bond acceptors (Lipinski definition) is 8. The summed E-state index contributed by atoms with van der Waals surface area (Å²) in [5.41, 5.74) is 1.93. The van der Waals surface area contributed by atoms with E-state index in [1.807, 2.05) is 20.8 Å².